The molecule has 0 bridgehead atoms. The molecule has 102 valence electrons. The van der Waals surface area contributed by atoms with E-state index in [-0.39, 0.29) is 6.04 Å². The number of hydrogen-bond donors (Lipinski definition) is 0. The van der Waals surface area contributed by atoms with Crippen molar-refractivity contribution in [2.75, 3.05) is 0 Å². The van der Waals surface area contributed by atoms with Crippen LogP contribution in [0.3, 0.4) is 0 Å². The minimum absolute atomic E-state index is 0.162. The SMILES string of the molecule is CC1CC(SC2CCC(Cl)CC2)C(C)CC1[N+]#N. The van der Waals surface area contributed by atoms with E-state index in [2.05, 4.69) is 30.6 Å². The summed E-state index contributed by atoms with van der Waals surface area (Å²) in [6.07, 6.45) is 7.17. The highest BCUT2D eigenvalue weighted by molar-refractivity contribution is 8.00. The minimum atomic E-state index is 0.162. The van der Waals surface area contributed by atoms with E-state index in [4.69, 9.17) is 17.0 Å². The molecule has 0 radical (unpaired) electrons. The van der Waals surface area contributed by atoms with Crippen LogP contribution in [0.2, 0.25) is 0 Å². The Labute approximate surface area is 120 Å². The Morgan fingerprint density at radius 3 is 2.33 bits per heavy atom. The highest BCUT2D eigenvalue weighted by atomic mass is 35.5. The molecule has 0 N–H and O–H groups in total. The fraction of sp³-hybridized carbons (Fsp3) is 1.00. The summed E-state index contributed by atoms with van der Waals surface area (Å²) in [5, 5.41) is 11.0. The van der Waals surface area contributed by atoms with Crippen LogP contribution in [0.5, 0.6) is 0 Å². The van der Waals surface area contributed by atoms with Gasteiger partial charge in [0, 0.05) is 28.2 Å². The molecule has 0 spiro atoms. The van der Waals surface area contributed by atoms with E-state index in [0.717, 1.165) is 16.9 Å². The number of diazo groups is 1. The lowest BCUT2D eigenvalue weighted by Crippen LogP contribution is -2.34. The third-order valence-corrected chi connectivity index (χ3v) is 6.93. The molecule has 4 unspecified atom stereocenters. The fourth-order valence-corrected chi connectivity index (χ4v) is 5.36. The van der Waals surface area contributed by atoms with Gasteiger partial charge in [-0.1, -0.05) is 13.8 Å². The molecule has 2 rings (SSSR count). The predicted molar refractivity (Wildman–Crippen MR) is 79.7 cm³/mol. The van der Waals surface area contributed by atoms with Gasteiger partial charge in [-0.3, -0.25) is 0 Å². The van der Waals surface area contributed by atoms with E-state index >= 15 is 0 Å². The molecule has 0 saturated heterocycles. The van der Waals surface area contributed by atoms with Crippen LogP contribution in [0.4, 0.5) is 0 Å². The van der Waals surface area contributed by atoms with Crippen LogP contribution in [0, 0.1) is 17.2 Å². The van der Waals surface area contributed by atoms with Gasteiger partial charge < -0.3 is 0 Å². The molecule has 0 heterocycles. The van der Waals surface area contributed by atoms with Crippen LogP contribution in [0.1, 0.15) is 52.4 Å². The smallest absolute Gasteiger partial charge is 0.155 e. The van der Waals surface area contributed by atoms with Crippen molar-refractivity contribution in [2.45, 2.75) is 74.3 Å². The molecule has 0 aliphatic heterocycles. The highest BCUT2D eigenvalue weighted by Crippen LogP contribution is 2.42. The third kappa shape index (κ3) is 3.54. The summed E-state index contributed by atoms with van der Waals surface area (Å²) in [7, 11) is 0. The first-order valence-electron chi connectivity index (χ1n) is 7.24. The van der Waals surface area contributed by atoms with Gasteiger partial charge in [-0.15, -0.1) is 11.6 Å². The highest BCUT2D eigenvalue weighted by Gasteiger charge is 2.41. The first-order chi connectivity index (χ1) is 8.60. The van der Waals surface area contributed by atoms with Crippen LogP contribution in [0.25, 0.3) is 4.98 Å². The fourth-order valence-electron chi connectivity index (χ4n) is 3.28. The van der Waals surface area contributed by atoms with Gasteiger partial charge in [0.1, 0.15) is 4.98 Å². The van der Waals surface area contributed by atoms with Crippen molar-refractivity contribution in [1.82, 2.24) is 0 Å². The Morgan fingerprint density at radius 2 is 1.72 bits per heavy atom. The maximum atomic E-state index is 9.02. The Bertz CT molecular complexity index is 309. The van der Waals surface area contributed by atoms with Crippen molar-refractivity contribution in [2.24, 2.45) is 11.8 Å². The Kier molecular flexibility index (Phi) is 5.21. The summed E-state index contributed by atoms with van der Waals surface area (Å²) in [6, 6.07) is 0.162. The topological polar surface area (TPSA) is 28.1 Å². The van der Waals surface area contributed by atoms with Gasteiger partial charge in [0.05, 0.1) is 0 Å². The van der Waals surface area contributed by atoms with Gasteiger partial charge in [0.25, 0.3) is 0 Å². The van der Waals surface area contributed by atoms with Gasteiger partial charge in [0.2, 0.25) is 5.39 Å². The predicted octanol–water partition coefficient (Wildman–Crippen LogP) is 4.93. The molecule has 18 heavy (non-hydrogen) atoms. The van der Waals surface area contributed by atoms with E-state index in [1.165, 1.54) is 32.1 Å². The van der Waals surface area contributed by atoms with Crippen molar-refractivity contribution < 1.29 is 0 Å². The Hall–Kier alpha value is 0.0600. The van der Waals surface area contributed by atoms with Gasteiger partial charge >= 0.3 is 6.04 Å². The zero-order valence-corrected chi connectivity index (χ0v) is 13.0. The van der Waals surface area contributed by atoms with E-state index in [1.54, 1.807) is 0 Å². The molecule has 4 heteroatoms. The molecule has 0 aromatic rings. The monoisotopic (exact) mass is 287 g/mol. The van der Waals surface area contributed by atoms with Crippen LogP contribution in [0.15, 0.2) is 0 Å². The molecular formula is C14H24ClN2S+. The summed E-state index contributed by atoms with van der Waals surface area (Å²) >= 11 is 8.35. The van der Waals surface area contributed by atoms with Gasteiger partial charge in [0.15, 0.2) is 0 Å². The van der Waals surface area contributed by atoms with Crippen LogP contribution in [-0.2, 0) is 0 Å². The second-order valence-electron chi connectivity index (χ2n) is 6.16. The first-order valence-corrected chi connectivity index (χ1v) is 8.61. The lowest BCUT2D eigenvalue weighted by atomic mass is 9.80. The summed E-state index contributed by atoms with van der Waals surface area (Å²) in [5.41, 5.74) is 0. The molecule has 2 saturated carbocycles. The van der Waals surface area contributed by atoms with E-state index in [1.807, 2.05) is 0 Å². The summed E-state index contributed by atoms with van der Waals surface area (Å²) in [6.45, 7) is 4.54. The largest absolute Gasteiger partial charge is 0.317 e. The molecule has 2 fully saturated rings. The maximum absolute atomic E-state index is 9.02. The Balaban J connectivity index is 1.84. The number of rotatable bonds is 2. The number of nitrogens with zero attached hydrogens (tertiary/aromatic N) is 2. The number of alkyl halides is 1. The zero-order chi connectivity index (χ0) is 13.1. The first kappa shape index (κ1) is 14.5. The van der Waals surface area contributed by atoms with E-state index in [0.29, 0.717) is 17.2 Å². The summed E-state index contributed by atoms with van der Waals surface area (Å²) < 4.78 is 0. The molecule has 4 atom stereocenters. The molecule has 2 nitrogen and oxygen atoms in total. The van der Waals surface area contributed by atoms with Gasteiger partial charge in [-0.05, 0) is 38.0 Å². The summed E-state index contributed by atoms with van der Waals surface area (Å²) in [5.74, 6) is 1.19. The van der Waals surface area contributed by atoms with Crippen molar-refractivity contribution in [3.05, 3.63) is 4.98 Å². The van der Waals surface area contributed by atoms with Crippen LogP contribution in [-0.4, -0.2) is 21.9 Å². The average Bonchev–Trinajstić information content (AvgIpc) is 2.36. The lowest BCUT2D eigenvalue weighted by Gasteiger charge is -2.35. The average molecular weight is 288 g/mol. The third-order valence-electron chi connectivity index (χ3n) is 4.63. The summed E-state index contributed by atoms with van der Waals surface area (Å²) in [4.78, 5) is 3.54. The van der Waals surface area contributed by atoms with Crippen molar-refractivity contribution in [1.29, 1.82) is 5.39 Å². The zero-order valence-electron chi connectivity index (χ0n) is 11.4. The van der Waals surface area contributed by atoms with E-state index < -0.39 is 0 Å². The number of hydrogen-bond acceptors (Lipinski definition) is 2. The second kappa shape index (κ2) is 6.48. The molecule has 0 aromatic carbocycles. The Morgan fingerprint density at radius 1 is 1.06 bits per heavy atom. The number of thioether (sulfide) groups is 1. The molecular weight excluding hydrogens is 264 g/mol. The van der Waals surface area contributed by atoms with Crippen molar-refractivity contribution in [3.8, 4) is 0 Å². The number of halogens is 1. The van der Waals surface area contributed by atoms with Crippen LogP contribution < -0.4 is 0 Å². The second-order valence-corrected chi connectivity index (χ2v) is 8.32. The van der Waals surface area contributed by atoms with Gasteiger partial charge in [-0.25, -0.2) is 0 Å². The standard InChI is InChI=1S/C14H24ClN2S/c1-9-8-14(10(2)7-13(9)17-16)18-12-5-3-11(15)4-6-12/h9-14H,3-8H2,1-2H3/q+1. The maximum Gasteiger partial charge on any atom is 0.317 e. The van der Waals surface area contributed by atoms with E-state index in [9.17, 15) is 0 Å². The van der Waals surface area contributed by atoms with Gasteiger partial charge in [-0.2, -0.15) is 11.8 Å². The molecule has 2 aliphatic carbocycles. The molecule has 0 aromatic heterocycles. The quantitative estimate of drug-likeness (QED) is 0.532. The minimum Gasteiger partial charge on any atom is -0.155 e. The van der Waals surface area contributed by atoms with Crippen LogP contribution >= 0.6 is 23.4 Å². The normalized spacial score (nSPS) is 45.4. The van der Waals surface area contributed by atoms with Crippen molar-refractivity contribution >= 4 is 23.4 Å². The molecule has 2 aliphatic rings. The van der Waals surface area contributed by atoms with Crippen molar-refractivity contribution in [3.63, 3.8) is 0 Å². The molecule has 0 amide bonds. The lowest BCUT2D eigenvalue weighted by molar-refractivity contribution is 0.298.